The molecule has 100 valence electrons. The van der Waals surface area contributed by atoms with Gasteiger partial charge in [0.05, 0.1) is 4.90 Å². The third kappa shape index (κ3) is 2.34. The van der Waals surface area contributed by atoms with Crippen LogP contribution in [0.3, 0.4) is 0 Å². The first kappa shape index (κ1) is 12.9. The number of Topliss-reactive ketones (excluding diaryl/α,β-unsaturated/α-hetero) is 1. The van der Waals surface area contributed by atoms with Crippen LogP contribution < -0.4 is 0 Å². The summed E-state index contributed by atoms with van der Waals surface area (Å²) in [6.07, 6.45) is 1.78. The molecular weight excluding hydrogens is 275 g/mol. The average Bonchev–Trinajstić information content (AvgIpc) is 2.45. The first-order valence-electron chi connectivity index (χ1n) is 6.11. The van der Waals surface area contributed by atoms with Crippen molar-refractivity contribution in [3.8, 4) is 5.75 Å². The van der Waals surface area contributed by atoms with Gasteiger partial charge in [0, 0.05) is 16.9 Å². The van der Waals surface area contributed by atoms with Gasteiger partial charge in [-0.05, 0) is 35.9 Å². The molecule has 0 atom stereocenters. The van der Waals surface area contributed by atoms with Gasteiger partial charge in [0.25, 0.3) is 0 Å². The molecule has 2 nitrogen and oxygen atoms in total. The molecule has 0 aliphatic carbocycles. The number of benzene rings is 2. The van der Waals surface area contributed by atoms with E-state index in [0.29, 0.717) is 21.8 Å². The number of hydrogen-bond donors (Lipinski definition) is 1. The van der Waals surface area contributed by atoms with Crippen molar-refractivity contribution in [3.63, 3.8) is 0 Å². The predicted octanol–water partition coefficient (Wildman–Crippen LogP) is 3.90. The molecule has 0 saturated heterocycles. The third-order valence-electron chi connectivity index (χ3n) is 3.11. The van der Waals surface area contributed by atoms with E-state index in [0.717, 1.165) is 5.56 Å². The zero-order valence-electron chi connectivity index (χ0n) is 10.5. The standard InChI is InChI=1S/C16H11FO2S/c17-14-3-1-2-13-15(19)11(9-20-16(13)14)8-10-4-6-12(18)7-5-10/h1-8,18H,9H2/b11-8-. The maximum absolute atomic E-state index is 13.6. The molecule has 0 bridgehead atoms. The second-order valence-electron chi connectivity index (χ2n) is 4.50. The van der Waals surface area contributed by atoms with Crippen molar-refractivity contribution in [2.24, 2.45) is 0 Å². The zero-order valence-corrected chi connectivity index (χ0v) is 11.3. The molecule has 2 aromatic rings. The van der Waals surface area contributed by atoms with E-state index in [2.05, 4.69) is 0 Å². The minimum absolute atomic E-state index is 0.133. The summed E-state index contributed by atoms with van der Waals surface area (Å²) in [6, 6.07) is 11.2. The van der Waals surface area contributed by atoms with Crippen molar-refractivity contribution in [1.82, 2.24) is 0 Å². The molecule has 0 aromatic heterocycles. The molecule has 3 rings (SSSR count). The molecular formula is C16H11FO2S. The number of fused-ring (bicyclic) bond motifs is 1. The SMILES string of the molecule is O=C1/C(=C\c2ccc(O)cc2)CSc2c(F)cccc21. The normalized spacial score (nSPS) is 16.2. The van der Waals surface area contributed by atoms with Gasteiger partial charge < -0.3 is 5.11 Å². The van der Waals surface area contributed by atoms with Crippen molar-refractivity contribution in [2.45, 2.75) is 4.90 Å². The zero-order chi connectivity index (χ0) is 14.1. The van der Waals surface area contributed by atoms with Gasteiger partial charge in [-0.2, -0.15) is 0 Å². The summed E-state index contributed by atoms with van der Waals surface area (Å²) in [5.41, 5.74) is 1.90. The van der Waals surface area contributed by atoms with Crippen molar-refractivity contribution in [3.05, 3.63) is 65.0 Å². The van der Waals surface area contributed by atoms with Crippen LogP contribution in [0.2, 0.25) is 0 Å². The second-order valence-corrected chi connectivity index (χ2v) is 5.48. The summed E-state index contributed by atoms with van der Waals surface area (Å²) >= 11 is 1.34. The van der Waals surface area contributed by atoms with Crippen molar-refractivity contribution >= 4 is 23.6 Å². The fourth-order valence-corrected chi connectivity index (χ4v) is 3.14. The number of carbonyl (C=O) groups is 1. The Morgan fingerprint density at radius 3 is 2.65 bits per heavy atom. The monoisotopic (exact) mass is 286 g/mol. The summed E-state index contributed by atoms with van der Waals surface area (Å²) in [6.45, 7) is 0. The Bertz CT molecular complexity index is 705. The van der Waals surface area contributed by atoms with Crippen LogP contribution in [0.5, 0.6) is 5.75 Å². The predicted molar refractivity (Wildman–Crippen MR) is 77.5 cm³/mol. The molecule has 1 aliphatic heterocycles. The van der Waals surface area contributed by atoms with Crippen LogP contribution in [0.4, 0.5) is 4.39 Å². The van der Waals surface area contributed by atoms with Crippen LogP contribution in [-0.2, 0) is 0 Å². The molecule has 0 unspecified atom stereocenters. The van der Waals surface area contributed by atoms with E-state index < -0.39 is 0 Å². The van der Waals surface area contributed by atoms with Crippen LogP contribution in [0.1, 0.15) is 15.9 Å². The fourth-order valence-electron chi connectivity index (χ4n) is 2.10. The first-order chi connectivity index (χ1) is 9.65. The molecule has 1 N–H and O–H groups in total. The molecule has 2 aromatic carbocycles. The maximum atomic E-state index is 13.6. The lowest BCUT2D eigenvalue weighted by Gasteiger charge is -2.17. The smallest absolute Gasteiger partial charge is 0.191 e. The molecule has 4 heteroatoms. The van der Waals surface area contributed by atoms with Crippen molar-refractivity contribution in [1.29, 1.82) is 0 Å². The number of ketones is 1. The first-order valence-corrected chi connectivity index (χ1v) is 7.09. The van der Waals surface area contributed by atoms with Crippen molar-refractivity contribution in [2.75, 3.05) is 5.75 Å². The number of rotatable bonds is 1. The van der Waals surface area contributed by atoms with Gasteiger partial charge in [-0.15, -0.1) is 11.8 Å². The minimum Gasteiger partial charge on any atom is -0.508 e. The van der Waals surface area contributed by atoms with Crippen LogP contribution in [-0.4, -0.2) is 16.6 Å². The average molecular weight is 286 g/mol. The van der Waals surface area contributed by atoms with E-state index in [4.69, 9.17) is 0 Å². The lowest BCUT2D eigenvalue weighted by molar-refractivity contribution is 0.103. The van der Waals surface area contributed by atoms with E-state index in [1.807, 2.05) is 0 Å². The number of thioether (sulfide) groups is 1. The summed E-state index contributed by atoms with van der Waals surface area (Å²) in [5.74, 6) is 0.160. The topological polar surface area (TPSA) is 37.3 Å². The Morgan fingerprint density at radius 1 is 1.15 bits per heavy atom. The third-order valence-corrected chi connectivity index (χ3v) is 4.27. The molecule has 0 fully saturated rings. The molecule has 20 heavy (non-hydrogen) atoms. The molecule has 0 radical (unpaired) electrons. The Labute approximate surface area is 119 Å². The summed E-state index contributed by atoms with van der Waals surface area (Å²) in [4.78, 5) is 12.8. The number of phenolic OH excluding ortho intramolecular Hbond substituents is 1. The van der Waals surface area contributed by atoms with Crippen molar-refractivity contribution < 1.29 is 14.3 Å². The maximum Gasteiger partial charge on any atom is 0.191 e. The Balaban J connectivity index is 1.98. The number of phenols is 1. The van der Waals surface area contributed by atoms with E-state index in [1.54, 1.807) is 42.5 Å². The minimum atomic E-state index is -0.343. The number of aromatic hydroxyl groups is 1. The highest BCUT2D eigenvalue weighted by Crippen LogP contribution is 2.35. The quantitative estimate of drug-likeness (QED) is 0.808. The van der Waals surface area contributed by atoms with Gasteiger partial charge in [-0.25, -0.2) is 4.39 Å². The van der Waals surface area contributed by atoms with Gasteiger partial charge in [-0.3, -0.25) is 4.79 Å². The highest BCUT2D eigenvalue weighted by atomic mass is 32.2. The van der Waals surface area contributed by atoms with E-state index >= 15 is 0 Å². The molecule has 0 saturated carbocycles. The highest BCUT2D eigenvalue weighted by molar-refractivity contribution is 7.99. The highest BCUT2D eigenvalue weighted by Gasteiger charge is 2.24. The Kier molecular flexibility index (Phi) is 3.32. The lowest BCUT2D eigenvalue weighted by Crippen LogP contribution is -2.13. The molecule has 1 heterocycles. The van der Waals surface area contributed by atoms with Crippen LogP contribution in [0, 0.1) is 5.82 Å². The van der Waals surface area contributed by atoms with Gasteiger partial charge in [0.2, 0.25) is 0 Å². The molecule has 0 spiro atoms. The molecule has 1 aliphatic rings. The van der Waals surface area contributed by atoms with E-state index in [9.17, 15) is 14.3 Å². The van der Waals surface area contributed by atoms with E-state index in [1.165, 1.54) is 17.8 Å². The lowest BCUT2D eigenvalue weighted by atomic mass is 10.0. The summed E-state index contributed by atoms with van der Waals surface area (Å²) in [5, 5.41) is 9.24. The van der Waals surface area contributed by atoms with Gasteiger partial charge in [-0.1, -0.05) is 18.2 Å². The van der Waals surface area contributed by atoms with Crippen LogP contribution >= 0.6 is 11.8 Å². The van der Waals surface area contributed by atoms with Gasteiger partial charge >= 0.3 is 0 Å². The fraction of sp³-hybridized carbons (Fsp3) is 0.0625. The summed E-state index contributed by atoms with van der Waals surface area (Å²) in [7, 11) is 0. The van der Waals surface area contributed by atoms with Crippen LogP contribution in [0.15, 0.2) is 52.9 Å². The van der Waals surface area contributed by atoms with Gasteiger partial charge in [0.1, 0.15) is 11.6 Å². The largest absolute Gasteiger partial charge is 0.508 e. The summed E-state index contributed by atoms with van der Waals surface area (Å²) < 4.78 is 13.6. The Morgan fingerprint density at radius 2 is 1.90 bits per heavy atom. The number of halogens is 1. The second kappa shape index (κ2) is 5.13. The Hall–Kier alpha value is -2.07. The van der Waals surface area contributed by atoms with Gasteiger partial charge in [0.15, 0.2) is 5.78 Å². The van der Waals surface area contributed by atoms with Crippen LogP contribution in [0.25, 0.3) is 6.08 Å². The molecule has 0 amide bonds. The number of hydrogen-bond acceptors (Lipinski definition) is 3. The van der Waals surface area contributed by atoms with E-state index in [-0.39, 0.29) is 17.3 Å². The number of carbonyl (C=O) groups excluding carboxylic acids is 1.